The van der Waals surface area contributed by atoms with Crippen molar-refractivity contribution in [3.05, 3.63) is 63.8 Å². The molecule has 0 N–H and O–H groups in total. The molecule has 0 aliphatic carbocycles. The summed E-state index contributed by atoms with van der Waals surface area (Å²) < 4.78 is 40.6. The lowest BCUT2D eigenvalue weighted by atomic mass is 9.86. The standard InChI is InChI=1S/C23H25FN2O4S/c1-14(2)25-20-10-16(21(27)11-23(4)12-31(29,30)13-23)6-8-18(20)26(22(25)28)19-9-15(3)5-7-17(19)24/h5-10,14H,11-13H2,1-4H3. The molecule has 1 aliphatic heterocycles. The van der Waals surface area contributed by atoms with Gasteiger partial charge in [-0.25, -0.2) is 17.6 Å². The van der Waals surface area contributed by atoms with E-state index in [4.69, 9.17) is 0 Å². The predicted molar refractivity (Wildman–Crippen MR) is 118 cm³/mol. The maximum Gasteiger partial charge on any atom is 0.334 e. The Morgan fingerprint density at radius 1 is 1.13 bits per heavy atom. The number of aryl methyl sites for hydroxylation is 1. The molecule has 8 heteroatoms. The molecule has 3 aromatic rings. The summed E-state index contributed by atoms with van der Waals surface area (Å²) in [5.41, 5.74) is 1.52. The third-order valence-electron chi connectivity index (χ3n) is 5.78. The van der Waals surface area contributed by atoms with Gasteiger partial charge in [0.1, 0.15) is 5.82 Å². The summed E-state index contributed by atoms with van der Waals surface area (Å²) >= 11 is 0. The number of rotatable bonds is 5. The Kier molecular flexibility index (Phi) is 4.96. The molecular weight excluding hydrogens is 419 g/mol. The van der Waals surface area contributed by atoms with E-state index in [2.05, 4.69) is 0 Å². The predicted octanol–water partition coefficient (Wildman–Crippen LogP) is 3.83. The molecule has 1 saturated heterocycles. The van der Waals surface area contributed by atoms with Gasteiger partial charge in [0, 0.05) is 23.4 Å². The summed E-state index contributed by atoms with van der Waals surface area (Å²) in [5, 5.41) is 0. The van der Waals surface area contributed by atoms with Crippen LogP contribution >= 0.6 is 0 Å². The summed E-state index contributed by atoms with van der Waals surface area (Å²) in [6.07, 6.45) is 0.122. The zero-order valence-electron chi connectivity index (χ0n) is 18.0. The van der Waals surface area contributed by atoms with Crippen molar-refractivity contribution in [3.8, 4) is 5.69 Å². The molecule has 6 nitrogen and oxygen atoms in total. The Bertz CT molecular complexity index is 1370. The number of sulfone groups is 1. The van der Waals surface area contributed by atoms with Gasteiger partial charge in [-0.05, 0) is 56.7 Å². The molecule has 0 amide bonds. The number of nitrogens with zero attached hydrogens (tertiary/aromatic N) is 2. The van der Waals surface area contributed by atoms with Crippen LogP contribution in [0, 0.1) is 18.2 Å². The van der Waals surface area contributed by atoms with Crippen LogP contribution in [0.25, 0.3) is 16.7 Å². The third-order valence-corrected chi connectivity index (χ3v) is 8.05. The van der Waals surface area contributed by atoms with Crippen LogP contribution < -0.4 is 5.69 Å². The molecule has 4 rings (SSSR count). The van der Waals surface area contributed by atoms with Crippen molar-refractivity contribution >= 4 is 26.7 Å². The number of fused-ring (bicyclic) bond motifs is 1. The first-order valence-corrected chi connectivity index (χ1v) is 12.0. The Morgan fingerprint density at radius 3 is 2.42 bits per heavy atom. The highest BCUT2D eigenvalue weighted by atomic mass is 32.2. The molecule has 0 spiro atoms. The summed E-state index contributed by atoms with van der Waals surface area (Å²) in [4.78, 5) is 26.1. The first-order chi connectivity index (χ1) is 14.4. The van der Waals surface area contributed by atoms with Gasteiger partial charge in [-0.1, -0.05) is 13.0 Å². The van der Waals surface area contributed by atoms with Gasteiger partial charge in [-0.2, -0.15) is 0 Å². The minimum absolute atomic E-state index is 0.00764. The third kappa shape index (κ3) is 3.73. The average molecular weight is 445 g/mol. The second-order valence-electron chi connectivity index (χ2n) is 9.18. The summed E-state index contributed by atoms with van der Waals surface area (Å²) in [7, 11) is -3.05. The van der Waals surface area contributed by atoms with Crippen LogP contribution in [0.1, 0.15) is 49.2 Å². The van der Waals surface area contributed by atoms with Gasteiger partial charge in [0.2, 0.25) is 0 Å². The Morgan fingerprint density at radius 2 is 1.81 bits per heavy atom. The largest absolute Gasteiger partial charge is 0.334 e. The quantitative estimate of drug-likeness (QED) is 0.561. The first kappa shape index (κ1) is 21.5. The van der Waals surface area contributed by atoms with Crippen LogP contribution in [0.4, 0.5) is 4.39 Å². The smallest absolute Gasteiger partial charge is 0.294 e. The molecule has 164 valence electrons. The zero-order chi connectivity index (χ0) is 22.7. The number of halogens is 1. The molecule has 0 atom stereocenters. The fourth-order valence-corrected chi connectivity index (χ4v) is 6.77. The van der Waals surface area contributed by atoms with Crippen LogP contribution in [-0.4, -0.2) is 34.8 Å². The van der Waals surface area contributed by atoms with E-state index in [9.17, 15) is 22.4 Å². The van der Waals surface area contributed by atoms with Crippen molar-refractivity contribution < 1.29 is 17.6 Å². The van der Waals surface area contributed by atoms with Crippen LogP contribution in [0.2, 0.25) is 0 Å². The van der Waals surface area contributed by atoms with Gasteiger partial charge in [-0.15, -0.1) is 0 Å². The number of Topliss-reactive ketones (excluding diaryl/α,β-unsaturated/α-hetero) is 1. The van der Waals surface area contributed by atoms with E-state index < -0.39 is 21.1 Å². The molecule has 1 aromatic heterocycles. The average Bonchev–Trinajstić information content (AvgIpc) is 2.92. The van der Waals surface area contributed by atoms with Crippen molar-refractivity contribution in [3.63, 3.8) is 0 Å². The Balaban J connectivity index is 1.83. The van der Waals surface area contributed by atoms with Gasteiger partial charge in [0.05, 0.1) is 28.2 Å². The Labute approximate surface area is 180 Å². The monoisotopic (exact) mass is 444 g/mol. The van der Waals surface area contributed by atoms with E-state index in [0.29, 0.717) is 16.6 Å². The van der Waals surface area contributed by atoms with Crippen molar-refractivity contribution in [2.45, 2.75) is 40.2 Å². The molecule has 1 aliphatic rings. The number of hydrogen-bond donors (Lipinski definition) is 0. The fraction of sp³-hybridized carbons (Fsp3) is 0.391. The Hall–Kier alpha value is -2.74. The topological polar surface area (TPSA) is 78.1 Å². The number of imidazole rings is 1. The molecule has 31 heavy (non-hydrogen) atoms. The van der Waals surface area contributed by atoms with Crippen molar-refractivity contribution in [1.29, 1.82) is 0 Å². The molecule has 2 aromatic carbocycles. The lowest BCUT2D eigenvalue weighted by Gasteiger charge is -2.37. The SMILES string of the molecule is Cc1ccc(F)c(-n2c(=O)n(C(C)C)c3cc(C(=O)CC4(C)CS(=O)(=O)C4)ccc32)c1. The summed E-state index contributed by atoms with van der Waals surface area (Å²) in [6.45, 7) is 7.33. The van der Waals surface area contributed by atoms with Gasteiger partial charge < -0.3 is 0 Å². The van der Waals surface area contributed by atoms with Crippen molar-refractivity contribution in [2.75, 3.05) is 11.5 Å². The minimum Gasteiger partial charge on any atom is -0.294 e. The maximum absolute atomic E-state index is 14.6. The van der Waals surface area contributed by atoms with E-state index in [-0.39, 0.29) is 41.1 Å². The molecule has 1 fully saturated rings. The molecule has 0 bridgehead atoms. The summed E-state index contributed by atoms with van der Waals surface area (Å²) in [5.74, 6) is -0.659. The van der Waals surface area contributed by atoms with E-state index in [1.54, 1.807) is 41.8 Å². The van der Waals surface area contributed by atoms with Gasteiger partial charge in [0.15, 0.2) is 15.6 Å². The lowest BCUT2D eigenvalue weighted by Crippen LogP contribution is -2.47. The number of hydrogen-bond acceptors (Lipinski definition) is 4. The number of ketones is 1. The van der Waals surface area contributed by atoms with E-state index in [1.807, 2.05) is 20.8 Å². The number of aromatic nitrogens is 2. The molecular formula is C23H25FN2O4S. The first-order valence-electron chi connectivity index (χ1n) is 10.2. The lowest BCUT2D eigenvalue weighted by molar-refractivity contribution is 0.0936. The van der Waals surface area contributed by atoms with E-state index in [1.165, 1.54) is 10.6 Å². The second kappa shape index (κ2) is 7.15. The normalized spacial score (nSPS) is 17.1. The van der Waals surface area contributed by atoms with Gasteiger partial charge in [-0.3, -0.25) is 13.9 Å². The second-order valence-corrected chi connectivity index (χ2v) is 11.2. The number of carbonyl (C=O) groups excluding carboxylic acids is 1. The van der Waals surface area contributed by atoms with E-state index in [0.717, 1.165) is 5.56 Å². The van der Waals surface area contributed by atoms with Crippen LogP contribution in [0.15, 0.2) is 41.2 Å². The number of carbonyl (C=O) groups is 1. The van der Waals surface area contributed by atoms with Crippen molar-refractivity contribution in [1.82, 2.24) is 9.13 Å². The number of benzene rings is 2. The highest BCUT2D eigenvalue weighted by Gasteiger charge is 2.45. The highest BCUT2D eigenvalue weighted by Crippen LogP contribution is 2.37. The van der Waals surface area contributed by atoms with Crippen LogP contribution in [0.5, 0.6) is 0 Å². The fourth-order valence-electron chi connectivity index (χ4n) is 4.53. The highest BCUT2D eigenvalue weighted by molar-refractivity contribution is 7.92. The molecule has 0 saturated carbocycles. The van der Waals surface area contributed by atoms with Gasteiger partial charge >= 0.3 is 5.69 Å². The minimum atomic E-state index is -3.05. The molecule has 2 heterocycles. The van der Waals surface area contributed by atoms with Crippen molar-refractivity contribution in [2.24, 2.45) is 5.41 Å². The molecule has 0 unspecified atom stereocenters. The van der Waals surface area contributed by atoms with E-state index >= 15 is 0 Å². The summed E-state index contributed by atoms with van der Waals surface area (Å²) in [6, 6.07) is 9.32. The zero-order valence-corrected chi connectivity index (χ0v) is 18.8. The molecule has 0 radical (unpaired) electrons. The maximum atomic E-state index is 14.6. The van der Waals surface area contributed by atoms with Gasteiger partial charge in [0.25, 0.3) is 0 Å². The van der Waals surface area contributed by atoms with Crippen LogP contribution in [0.3, 0.4) is 0 Å². The van der Waals surface area contributed by atoms with Crippen LogP contribution in [-0.2, 0) is 9.84 Å².